The van der Waals surface area contributed by atoms with Crippen LogP contribution in [0.4, 0.5) is 0 Å². The Bertz CT molecular complexity index is 1100. The fourth-order valence-electron chi connectivity index (χ4n) is 4.64. The van der Waals surface area contributed by atoms with Crippen molar-refractivity contribution in [3.63, 3.8) is 0 Å². The second-order valence-corrected chi connectivity index (χ2v) is 10.9. The number of methoxy groups -OCH3 is 1. The van der Waals surface area contributed by atoms with Crippen molar-refractivity contribution in [2.75, 3.05) is 20.2 Å². The number of hydrogen-bond donors (Lipinski definition) is 1. The van der Waals surface area contributed by atoms with Gasteiger partial charge in [0.2, 0.25) is 10.0 Å². The summed E-state index contributed by atoms with van der Waals surface area (Å²) in [5.41, 5.74) is 0.181. The third kappa shape index (κ3) is 3.91. The first-order valence-electron chi connectivity index (χ1n) is 11.0. The summed E-state index contributed by atoms with van der Waals surface area (Å²) in [4.78, 5) is 17.5. The predicted molar refractivity (Wildman–Crippen MR) is 116 cm³/mol. The van der Waals surface area contributed by atoms with E-state index in [1.807, 2.05) is 35.0 Å². The van der Waals surface area contributed by atoms with Crippen LogP contribution in [0.5, 0.6) is 5.75 Å². The molecule has 10 heteroatoms. The molecule has 1 spiro atoms. The summed E-state index contributed by atoms with van der Waals surface area (Å²) in [6.07, 6.45) is 5.36. The van der Waals surface area contributed by atoms with Gasteiger partial charge in [0, 0.05) is 32.0 Å². The van der Waals surface area contributed by atoms with Crippen molar-refractivity contribution in [2.45, 2.75) is 55.7 Å². The Morgan fingerprint density at radius 2 is 2.09 bits per heavy atom. The fourth-order valence-corrected chi connectivity index (χ4v) is 6.48. The number of ether oxygens (including phenoxy) is 2. The van der Waals surface area contributed by atoms with Crippen molar-refractivity contribution in [3.8, 4) is 5.75 Å². The summed E-state index contributed by atoms with van der Waals surface area (Å²) >= 11 is 0. The molecular weight excluding hydrogens is 432 g/mol. The van der Waals surface area contributed by atoms with Gasteiger partial charge in [-0.25, -0.2) is 17.7 Å². The van der Waals surface area contributed by atoms with Crippen LogP contribution >= 0.6 is 0 Å². The zero-order chi connectivity index (χ0) is 22.3. The number of carbonyl (C=O) groups is 1. The molecule has 2 fully saturated rings. The quantitative estimate of drug-likeness (QED) is 0.699. The summed E-state index contributed by atoms with van der Waals surface area (Å²) in [6.45, 7) is 1.51. The number of fused-ring (bicyclic) bond motifs is 2. The molecule has 3 heterocycles. The topological polar surface area (TPSA) is 103 Å². The maximum absolute atomic E-state index is 13.0. The molecule has 1 saturated carbocycles. The molecule has 1 aromatic carbocycles. The average Bonchev–Trinajstić information content (AvgIpc) is 3.56. The number of sulfonamides is 1. The third-order valence-electron chi connectivity index (χ3n) is 6.58. The van der Waals surface area contributed by atoms with E-state index >= 15 is 0 Å². The highest BCUT2D eigenvalue weighted by Crippen LogP contribution is 2.42. The van der Waals surface area contributed by atoms with Crippen LogP contribution in [0.2, 0.25) is 0 Å². The highest BCUT2D eigenvalue weighted by Gasteiger charge is 2.50. The first kappa shape index (κ1) is 21.4. The molecule has 32 heavy (non-hydrogen) atoms. The maximum Gasteiger partial charge on any atom is 0.251 e. The summed E-state index contributed by atoms with van der Waals surface area (Å²) < 4.78 is 40.5. The lowest BCUT2D eigenvalue weighted by Gasteiger charge is -2.45. The summed E-state index contributed by atoms with van der Waals surface area (Å²) in [7, 11) is -1.61. The normalized spacial score (nSPS) is 23.0. The van der Waals surface area contributed by atoms with Crippen molar-refractivity contribution in [3.05, 3.63) is 48.0 Å². The molecule has 1 amide bonds. The predicted octanol–water partition coefficient (Wildman–Crippen LogP) is 1.39. The van der Waals surface area contributed by atoms with E-state index in [-0.39, 0.29) is 11.2 Å². The number of nitrogens with zero attached hydrogens (tertiary/aromatic N) is 3. The Kier molecular flexibility index (Phi) is 5.47. The molecule has 1 aliphatic carbocycles. The molecular formula is C22H28N4O5S. The van der Waals surface area contributed by atoms with Crippen LogP contribution in [0, 0.1) is 0 Å². The maximum atomic E-state index is 13.0. The van der Waals surface area contributed by atoms with E-state index in [4.69, 9.17) is 9.47 Å². The Balaban J connectivity index is 1.28. The Labute approximate surface area is 187 Å². The van der Waals surface area contributed by atoms with Gasteiger partial charge < -0.3 is 19.4 Å². The molecule has 1 aromatic heterocycles. The molecule has 5 rings (SSSR count). The zero-order valence-electron chi connectivity index (χ0n) is 18.1. The first-order valence-corrected chi connectivity index (χ1v) is 12.5. The van der Waals surface area contributed by atoms with Crippen molar-refractivity contribution in [1.29, 1.82) is 0 Å². The zero-order valence-corrected chi connectivity index (χ0v) is 18.9. The van der Waals surface area contributed by atoms with Gasteiger partial charge in [0.25, 0.3) is 5.91 Å². The van der Waals surface area contributed by atoms with Gasteiger partial charge in [0.05, 0.1) is 18.9 Å². The summed E-state index contributed by atoms with van der Waals surface area (Å²) in [5, 5.41) is 2.74. The van der Waals surface area contributed by atoms with E-state index in [1.54, 1.807) is 17.6 Å². The molecule has 1 N–H and O–H groups in total. The number of hydrogen-bond acceptors (Lipinski definition) is 6. The largest absolute Gasteiger partial charge is 0.497 e. The summed E-state index contributed by atoms with van der Waals surface area (Å²) in [5.74, 6) is 1.32. The van der Waals surface area contributed by atoms with E-state index in [1.165, 1.54) is 0 Å². The van der Waals surface area contributed by atoms with Crippen LogP contribution in [-0.4, -0.2) is 59.7 Å². The van der Waals surface area contributed by atoms with Crippen molar-refractivity contribution >= 4 is 15.9 Å². The smallest absolute Gasteiger partial charge is 0.251 e. The highest BCUT2D eigenvalue weighted by atomic mass is 32.2. The summed E-state index contributed by atoms with van der Waals surface area (Å²) in [6, 6.07) is 7.55. The molecule has 0 radical (unpaired) electrons. The number of rotatable bonds is 6. The minimum absolute atomic E-state index is 0.195. The van der Waals surface area contributed by atoms with Crippen LogP contribution < -0.4 is 10.1 Å². The molecule has 3 aliphatic rings. The average molecular weight is 461 g/mol. The molecule has 1 unspecified atom stereocenters. The lowest BCUT2D eigenvalue weighted by atomic mass is 9.89. The lowest BCUT2D eigenvalue weighted by molar-refractivity contribution is -0.171. The molecule has 0 bridgehead atoms. The number of imidazole rings is 1. The molecule has 1 atom stereocenters. The van der Waals surface area contributed by atoms with Crippen LogP contribution in [0.15, 0.2) is 36.7 Å². The van der Waals surface area contributed by atoms with Gasteiger partial charge in [-0.05, 0) is 43.4 Å². The van der Waals surface area contributed by atoms with Gasteiger partial charge >= 0.3 is 0 Å². The van der Waals surface area contributed by atoms with Crippen molar-refractivity contribution in [1.82, 2.24) is 19.2 Å². The van der Waals surface area contributed by atoms with Gasteiger partial charge in [0.15, 0.2) is 6.10 Å². The van der Waals surface area contributed by atoms with Crippen LogP contribution in [0.1, 0.15) is 37.1 Å². The first-order chi connectivity index (χ1) is 15.4. The molecule has 2 aromatic rings. The van der Waals surface area contributed by atoms with Crippen molar-refractivity contribution in [2.24, 2.45) is 0 Å². The Morgan fingerprint density at radius 1 is 1.31 bits per heavy atom. The van der Waals surface area contributed by atoms with Gasteiger partial charge in [-0.15, -0.1) is 0 Å². The molecule has 1 saturated heterocycles. The number of amides is 1. The Hall–Kier alpha value is -2.43. The van der Waals surface area contributed by atoms with E-state index in [0.717, 1.165) is 30.0 Å². The van der Waals surface area contributed by atoms with E-state index < -0.39 is 21.7 Å². The second kappa shape index (κ2) is 8.17. The fraction of sp³-hybridized carbons (Fsp3) is 0.545. The van der Waals surface area contributed by atoms with Gasteiger partial charge in [-0.3, -0.25) is 4.79 Å². The van der Waals surface area contributed by atoms with E-state index in [2.05, 4.69) is 10.3 Å². The Morgan fingerprint density at radius 3 is 2.81 bits per heavy atom. The SMILES string of the molecule is COc1cccc(CNC(=O)C2Cn3ccnc3C3(CCN(S(=O)(=O)C4CC4)CC3)O2)c1. The number of carbonyl (C=O) groups excluding carboxylic acids is 1. The van der Waals surface area contributed by atoms with Gasteiger partial charge in [-0.2, -0.15) is 0 Å². The molecule has 172 valence electrons. The number of benzene rings is 1. The van der Waals surface area contributed by atoms with Gasteiger partial charge in [-0.1, -0.05) is 12.1 Å². The van der Waals surface area contributed by atoms with Crippen LogP contribution in [0.3, 0.4) is 0 Å². The monoisotopic (exact) mass is 460 g/mol. The molecule has 9 nitrogen and oxygen atoms in total. The molecule has 2 aliphatic heterocycles. The standard InChI is InChI=1S/C22H28N4O5S/c1-30-17-4-2-3-16(13-17)14-24-20(27)19-15-25-12-9-23-21(25)22(31-19)7-10-26(11-8-22)32(28,29)18-5-6-18/h2-4,9,12-13,18-19H,5-8,10-11,14-15H2,1H3,(H,24,27). The number of aromatic nitrogens is 2. The number of piperidine rings is 1. The number of nitrogens with one attached hydrogen (secondary N) is 1. The van der Waals surface area contributed by atoms with Crippen LogP contribution in [-0.2, 0) is 38.2 Å². The van der Waals surface area contributed by atoms with E-state index in [0.29, 0.717) is 39.0 Å². The highest BCUT2D eigenvalue weighted by molar-refractivity contribution is 7.90. The van der Waals surface area contributed by atoms with Gasteiger partial charge in [0.1, 0.15) is 17.2 Å². The minimum Gasteiger partial charge on any atom is -0.497 e. The van der Waals surface area contributed by atoms with Crippen LogP contribution in [0.25, 0.3) is 0 Å². The third-order valence-corrected chi connectivity index (χ3v) is 8.98. The lowest BCUT2D eigenvalue weighted by Crippen LogP contribution is -2.54. The van der Waals surface area contributed by atoms with E-state index in [9.17, 15) is 13.2 Å². The minimum atomic E-state index is -3.22. The second-order valence-electron chi connectivity index (χ2n) is 8.72. The van der Waals surface area contributed by atoms with Crippen molar-refractivity contribution < 1.29 is 22.7 Å².